The molecule has 0 unspecified atom stereocenters. The Labute approximate surface area is 123 Å². The summed E-state index contributed by atoms with van der Waals surface area (Å²) in [6.07, 6.45) is 2.60. The number of hydrogen-bond acceptors (Lipinski definition) is 3. The minimum absolute atomic E-state index is 0.133. The van der Waals surface area contributed by atoms with E-state index in [0.29, 0.717) is 10.8 Å². The van der Waals surface area contributed by atoms with E-state index < -0.39 is 0 Å². The predicted octanol–water partition coefficient (Wildman–Crippen LogP) is 4.05. The predicted molar refractivity (Wildman–Crippen MR) is 80.4 cm³/mol. The SMILES string of the molecule is CCC1(C(=O)c2cc3cc(Cl)ccc3o2)CCNCC1. The smallest absolute Gasteiger partial charge is 0.204 e. The van der Waals surface area contributed by atoms with Crippen molar-refractivity contribution in [3.8, 4) is 0 Å². The van der Waals surface area contributed by atoms with Gasteiger partial charge >= 0.3 is 0 Å². The molecule has 0 saturated carbocycles. The van der Waals surface area contributed by atoms with Crippen LogP contribution in [0.25, 0.3) is 11.0 Å². The molecule has 1 saturated heterocycles. The molecule has 106 valence electrons. The maximum Gasteiger partial charge on any atom is 0.204 e. The van der Waals surface area contributed by atoms with E-state index in [1.165, 1.54) is 0 Å². The molecule has 0 amide bonds. The molecule has 3 nitrogen and oxygen atoms in total. The summed E-state index contributed by atoms with van der Waals surface area (Å²) in [7, 11) is 0. The molecule has 2 aromatic rings. The fourth-order valence-corrected chi connectivity index (χ4v) is 3.21. The number of benzene rings is 1. The van der Waals surface area contributed by atoms with Gasteiger partial charge in [-0.1, -0.05) is 18.5 Å². The van der Waals surface area contributed by atoms with Gasteiger partial charge in [0.25, 0.3) is 0 Å². The van der Waals surface area contributed by atoms with E-state index in [1.807, 2.05) is 18.2 Å². The number of Topliss-reactive ketones (excluding diaryl/α,β-unsaturated/α-hetero) is 1. The number of halogens is 1. The van der Waals surface area contributed by atoms with E-state index in [2.05, 4.69) is 12.2 Å². The Morgan fingerprint density at radius 1 is 1.35 bits per heavy atom. The molecule has 0 radical (unpaired) electrons. The molecule has 3 rings (SSSR count). The first-order chi connectivity index (χ1) is 9.64. The summed E-state index contributed by atoms with van der Waals surface area (Å²) in [5.41, 5.74) is 0.445. The number of rotatable bonds is 3. The van der Waals surface area contributed by atoms with Crippen LogP contribution in [-0.2, 0) is 0 Å². The monoisotopic (exact) mass is 291 g/mol. The van der Waals surface area contributed by atoms with Crippen molar-refractivity contribution in [3.63, 3.8) is 0 Å². The summed E-state index contributed by atoms with van der Waals surface area (Å²) in [4.78, 5) is 12.9. The van der Waals surface area contributed by atoms with Crippen LogP contribution >= 0.6 is 11.6 Å². The van der Waals surface area contributed by atoms with Gasteiger partial charge < -0.3 is 9.73 Å². The first kappa shape index (κ1) is 13.7. The van der Waals surface area contributed by atoms with Gasteiger partial charge in [0.2, 0.25) is 5.78 Å². The molecule has 1 aromatic heterocycles. The first-order valence-electron chi connectivity index (χ1n) is 7.09. The number of fused-ring (bicyclic) bond motifs is 1. The van der Waals surface area contributed by atoms with Crippen LogP contribution in [-0.4, -0.2) is 18.9 Å². The standard InChI is InChI=1S/C16H18ClNO2/c1-2-16(5-7-18-8-6-16)15(19)14-10-11-9-12(17)3-4-13(11)20-14/h3-4,9-10,18H,2,5-8H2,1H3. The normalized spacial score (nSPS) is 18.3. The highest BCUT2D eigenvalue weighted by atomic mass is 35.5. The molecule has 4 heteroatoms. The summed E-state index contributed by atoms with van der Waals surface area (Å²) in [5.74, 6) is 0.597. The van der Waals surface area contributed by atoms with Gasteiger partial charge in [0.05, 0.1) is 0 Å². The quantitative estimate of drug-likeness (QED) is 0.868. The lowest BCUT2D eigenvalue weighted by atomic mass is 9.72. The van der Waals surface area contributed by atoms with E-state index in [9.17, 15) is 4.79 Å². The Morgan fingerprint density at radius 3 is 2.80 bits per heavy atom. The van der Waals surface area contributed by atoms with Crippen molar-refractivity contribution in [1.82, 2.24) is 5.32 Å². The highest BCUT2D eigenvalue weighted by molar-refractivity contribution is 6.31. The van der Waals surface area contributed by atoms with Crippen LogP contribution in [0.1, 0.15) is 36.7 Å². The van der Waals surface area contributed by atoms with Crippen molar-refractivity contribution in [2.45, 2.75) is 26.2 Å². The van der Waals surface area contributed by atoms with Crippen molar-refractivity contribution in [2.75, 3.05) is 13.1 Å². The third-order valence-corrected chi connectivity index (χ3v) is 4.66. The lowest BCUT2D eigenvalue weighted by Gasteiger charge is -2.34. The van der Waals surface area contributed by atoms with E-state index >= 15 is 0 Å². The Morgan fingerprint density at radius 2 is 2.10 bits per heavy atom. The molecule has 1 N–H and O–H groups in total. The third kappa shape index (κ3) is 2.25. The van der Waals surface area contributed by atoms with E-state index in [0.717, 1.165) is 43.3 Å². The summed E-state index contributed by atoms with van der Waals surface area (Å²) < 4.78 is 5.74. The molecule has 0 spiro atoms. The van der Waals surface area contributed by atoms with Gasteiger partial charge in [-0.25, -0.2) is 0 Å². The van der Waals surface area contributed by atoms with Gasteiger partial charge in [0.15, 0.2) is 5.76 Å². The number of piperidine rings is 1. The molecular formula is C16H18ClNO2. The number of carbonyl (C=O) groups is 1. The maximum absolute atomic E-state index is 12.9. The molecule has 1 fully saturated rings. The summed E-state index contributed by atoms with van der Waals surface area (Å²) in [6, 6.07) is 7.25. The fourth-order valence-electron chi connectivity index (χ4n) is 3.03. The van der Waals surface area contributed by atoms with Gasteiger partial charge in [0.1, 0.15) is 5.58 Å². The average Bonchev–Trinajstić information content (AvgIpc) is 2.90. The Balaban J connectivity index is 1.98. The van der Waals surface area contributed by atoms with Crippen molar-refractivity contribution in [3.05, 3.63) is 35.0 Å². The largest absolute Gasteiger partial charge is 0.453 e. The van der Waals surface area contributed by atoms with Gasteiger partial charge in [-0.05, 0) is 56.6 Å². The fraction of sp³-hybridized carbons (Fsp3) is 0.438. The van der Waals surface area contributed by atoms with Crippen LogP contribution in [0.4, 0.5) is 0 Å². The van der Waals surface area contributed by atoms with Gasteiger partial charge in [-0.2, -0.15) is 0 Å². The molecule has 0 aliphatic carbocycles. The lowest BCUT2D eigenvalue weighted by Crippen LogP contribution is -2.41. The second kappa shape index (κ2) is 5.23. The number of hydrogen-bond donors (Lipinski definition) is 1. The van der Waals surface area contributed by atoms with Crippen molar-refractivity contribution < 1.29 is 9.21 Å². The van der Waals surface area contributed by atoms with E-state index in [1.54, 1.807) is 6.07 Å². The topological polar surface area (TPSA) is 42.2 Å². The minimum atomic E-state index is -0.275. The lowest BCUT2D eigenvalue weighted by molar-refractivity contribution is 0.0688. The second-order valence-electron chi connectivity index (χ2n) is 5.51. The first-order valence-corrected chi connectivity index (χ1v) is 7.47. The average molecular weight is 292 g/mol. The molecular weight excluding hydrogens is 274 g/mol. The Kier molecular flexibility index (Phi) is 3.57. The van der Waals surface area contributed by atoms with Crippen molar-refractivity contribution >= 4 is 28.4 Å². The van der Waals surface area contributed by atoms with Crippen LogP contribution < -0.4 is 5.32 Å². The maximum atomic E-state index is 12.9. The number of carbonyl (C=O) groups excluding carboxylic acids is 1. The number of ketones is 1. The van der Waals surface area contributed by atoms with Crippen LogP contribution in [0.3, 0.4) is 0 Å². The number of nitrogens with one attached hydrogen (secondary N) is 1. The van der Waals surface area contributed by atoms with Gasteiger partial charge in [-0.15, -0.1) is 0 Å². The molecule has 0 atom stereocenters. The zero-order valence-electron chi connectivity index (χ0n) is 11.5. The zero-order chi connectivity index (χ0) is 14.2. The van der Waals surface area contributed by atoms with Crippen LogP contribution in [0.5, 0.6) is 0 Å². The summed E-state index contributed by atoms with van der Waals surface area (Å²) >= 11 is 5.98. The van der Waals surface area contributed by atoms with Crippen molar-refractivity contribution in [1.29, 1.82) is 0 Å². The molecule has 1 aromatic carbocycles. The number of furan rings is 1. The minimum Gasteiger partial charge on any atom is -0.453 e. The molecule has 1 aliphatic heterocycles. The van der Waals surface area contributed by atoms with Crippen LogP contribution in [0.2, 0.25) is 5.02 Å². The van der Waals surface area contributed by atoms with Crippen LogP contribution in [0.15, 0.2) is 28.7 Å². The van der Waals surface area contributed by atoms with Gasteiger partial charge in [0, 0.05) is 15.8 Å². The third-order valence-electron chi connectivity index (χ3n) is 4.42. The Hall–Kier alpha value is -1.32. The zero-order valence-corrected chi connectivity index (χ0v) is 12.3. The van der Waals surface area contributed by atoms with E-state index in [4.69, 9.17) is 16.0 Å². The summed E-state index contributed by atoms with van der Waals surface area (Å²) in [5, 5.41) is 4.86. The van der Waals surface area contributed by atoms with Gasteiger partial charge in [-0.3, -0.25) is 4.79 Å². The molecule has 0 bridgehead atoms. The highest BCUT2D eigenvalue weighted by Gasteiger charge is 2.39. The van der Waals surface area contributed by atoms with Crippen molar-refractivity contribution in [2.24, 2.45) is 5.41 Å². The molecule has 1 aliphatic rings. The van der Waals surface area contributed by atoms with Crippen LogP contribution in [0, 0.1) is 5.41 Å². The highest BCUT2D eigenvalue weighted by Crippen LogP contribution is 2.37. The molecule has 20 heavy (non-hydrogen) atoms. The second-order valence-corrected chi connectivity index (χ2v) is 5.94. The Bertz CT molecular complexity index is 641. The van der Waals surface area contributed by atoms with E-state index in [-0.39, 0.29) is 11.2 Å². The molecule has 2 heterocycles. The summed E-state index contributed by atoms with van der Waals surface area (Å²) in [6.45, 7) is 3.88.